The summed E-state index contributed by atoms with van der Waals surface area (Å²) in [4.78, 5) is 9.09. The Balaban J connectivity index is 1.50. The molecule has 4 aromatic rings. The van der Waals surface area contributed by atoms with Gasteiger partial charge in [0.15, 0.2) is 11.3 Å². The van der Waals surface area contributed by atoms with E-state index in [0.29, 0.717) is 11.3 Å². The lowest BCUT2D eigenvalue weighted by Gasteiger charge is -2.05. The molecule has 6 nitrogen and oxygen atoms in total. The van der Waals surface area contributed by atoms with Crippen LogP contribution in [-0.4, -0.2) is 26.9 Å². The first-order chi connectivity index (χ1) is 13.2. The molecule has 0 unspecified atom stereocenters. The van der Waals surface area contributed by atoms with Crippen molar-refractivity contribution in [2.75, 3.05) is 12.8 Å². The van der Waals surface area contributed by atoms with Gasteiger partial charge in [0, 0.05) is 6.42 Å². The number of ether oxygens (including phenoxy) is 1. The van der Waals surface area contributed by atoms with E-state index < -0.39 is 0 Å². The number of rotatable bonds is 6. The van der Waals surface area contributed by atoms with E-state index in [1.54, 1.807) is 11.8 Å². The fraction of sp³-hybridized carbons (Fsp3) is 0.190. The van der Waals surface area contributed by atoms with Crippen molar-refractivity contribution in [2.24, 2.45) is 0 Å². The Hall–Kier alpha value is -3.41. The van der Waals surface area contributed by atoms with Crippen molar-refractivity contribution in [3.8, 4) is 11.4 Å². The smallest absolute Gasteiger partial charge is 0.155 e. The number of aromatic nitrogens is 4. The molecule has 2 aromatic heterocycles. The highest BCUT2D eigenvalue weighted by molar-refractivity contribution is 5.83. The van der Waals surface area contributed by atoms with Crippen molar-refractivity contribution in [1.29, 1.82) is 0 Å². The van der Waals surface area contributed by atoms with E-state index in [4.69, 9.17) is 10.5 Å². The Morgan fingerprint density at radius 3 is 2.67 bits per heavy atom. The summed E-state index contributed by atoms with van der Waals surface area (Å²) in [5.74, 6) is 2.05. The molecule has 0 saturated heterocycles. The van der Waals surface area contributed by atoms with E-state index in [2.05, 4.69) is 27.2 Å². The van der Waals surface area contributed by atoms with Crippen molar-refractivity contribution in [3.05, 3.63) is 72.2 Å². The van der Waals surface area contributed by atoms with Gasteiger partial charge in [-0.05, 0) is 42.7 Å². The molecule has 2 heterocycles. The monoisotopic (exact) mass is 359 g/mol. The lowest BCUT2D eigenvalue weighted by molar-refractivity contribution is 0.414. The Labute approximate surface area is 157 Å². The minimum Gasteiger partial charge on any atom is -0.497 e. The maximum atomic E-state index is 6.13. The van der Waals surface area contributed by atoms with Crippen LogP contribution in [0.15, 0.2) is 60.8 Å². The highest BCUT2D eigenvalue weighted by atomic mass is 16.5. The lowest BCUT2D eigenvalue weighted by atomic mass is 10.1. The molecule has 6 heteroatoms. The topological polar surface area (TPSA) is 78.9 Å². The summed E-state index contributed by atoms with van der Waals surface area (Å²) in [6.07, 6.45) is 4.52. The molecule has 0 atom stereocenters. The molecule has 0 aliphatic heterocycles. The Morgan fingerprint density at radius 1 is 1.00 bits per heavy atom. The van der Waals surface area contributed by atoms with Gasteiger partial charge >= 0.3 is 0 Å². The van der Waals surface area contributed by atoms with Gasteiger partial charge in [0.05, 0.1) is 19.0 Å². The molecule has 27 heavy (non-hydrogen) atoms. The van der Waals surface area contributed by atoms with Gasteiger partial charge in [-0.1, -0.05) is 30.3 Å². The summed E-state index contributed by atoms with van der Waals surface area (Å²) >= 11 is 0. The number of nitrogens with zero attached hydrogens (tertiary/aromatic N) is 4. The van der Waals surface area contributed by atoms with Crippen molar-refractivity contribution < 1.29 is 4.74 Å². The Bertz CT molecular complexity index is 1060. The summed E-state index contributed by atoms with van der Waals surface area (Å²) < 4.78 is 7.06. The number of aryl methyl sites for hydroxylation is 2. The van der Waals surface area contributed by atoms with Gasteiger partial charge in [0.1, 0.15) is 17.1 Å². The van der Waals surface area contributed by atoms with Crippen LogP contribution in [0, 0.1) is 0 Å². The van der Waals surface area contributed by atoms with Gasteiger partial charge in [-0.3, -0.25) is 0 Å². The molecule has 0 spiro atoms. The van der Waals surface area contributed by atoms with Gasteiger partial charge in [-0.25, -0.2) is 14.6 Å². The fourth-order valence-electron chi connectivity index (χ4n) is 3.09. The maximum absolute atomic E-state index is 6.13. The Morgan fingerprint density at radius 2 is 1.85 bits per heavy atom. The first kappa shape index (κ1) is 17.0. The second-order valence-electron chi connectivity index (χ2n) is 6.37. The number of hydrogen-bond donors (Lipinski definition) is 1. The van der Waals surface area contributed by atoms with Crippen LogP contribution < -0.4 is 10.5 Å². The molecule has 0 radical (unpaired) electrons. The minimum absolute atomic E-state index is 0.422. The van der Waals surface area contributed by atoms with Crippen LogP contribution in [0.3, 0.4) is 0 Å². The van der Waals surface area contributed by atoms with Gasteiger partial charge in [-0.15, -0.1) is 0 Å². The van der Waals surface area contributed by atoms with Crippen molar-refractivity contribution >= 4 is 16.9 Å². The standard InChI is InChI=1S/C21H21N5O/c1-27-17-11-5-7-15(13-17)8-6-12-19-23-18-14-26(16-9-3-2-4-10-16)25-20(18)21(22)24-19/h2-5,7,9-11,13-14H,6,8,12H2,1H3,(H2,22,23,24). The molecule has 0 aliphatic rings. The molecule has 2 N–H and O–H groups in total. The number of benzene rings is 2. The van der Waals surface area contributed by atoms with E-state index in [1.165, 1.54) is 5.56 Å². The molecule has 4 rings (SSSR count). The summed E-state index contributed by atoms with van der Waals surface area (Å²) in [6.45, 7) is 0. The number of methoxy groups -OCH3 is 1. The van der Waals surface area contributed by atoms with Crippen LogP contribution >= 0.6 is 0 Å². The quantitative estimate of drug-likeness (QED) is 0.569. The van der Waals surface area contributed by atoms with Gasteiger partial charge in [0.2, 0.25) is 0 Å². The Kier molecular flexibility index (Phi) is 4.70. The number of fused-ring (bicyclic) bond motifs is 1. The predicted octanol–water partition coefficient (Wildman–Crippen LogP) is 3.58. The first-order valence-electron chi connectivity index (χ1n) is 8.93. The maximum Gasteiger partial charge on any atom is 0.155 e. The van der Waals surface area contributed by atoms with Crippen LogP contribution in [0.4, 0.5) is 5.82 Å². The number of hydrogen-bond acceptors (Lipinski definition) is 5. The van der Waals surface area contributed by atoms with E-state index >= 15 is 0 Å². The van der Waals surface area contributed by atoms with E-state index in [1.807, 2.05) is 48.7 Å². The minimum atomic E-state index is 0.422. The normalized spacial score (nSPS) is 11.0. The van der Waals surface area contributed by atoms with Gasteiger partial charge in [-0.2, -0.15) is 5.10 Å². The average Bonchev–Trinajstić information content (AvgIpc) is 3.14. The molecule has 2 aromatic carbocycles. The zero-order chi connectivity index (χ0) is 18.6. The third kappa shape index (κ3) is 3.74. The fourth-order valence-corrected chi connectivity index (χ4v) is 3.09. The molecule has 0 bridgehead atoms. The average molecular weight is 359 g/mol. The SMILES string of the molecule is COc1cccc(CCCc2nc(N)c3nn(-c4ccccc4)cc3n2)c1. The zero-order valence-corrected chi connectivity index (χ0v) is 15.2. The zero-order valence-electron chi connectivity index (χ0n) is 15.2. The first-order valence-corrected chi connectivity index (χ1v) is 8.93. The second kappa shape index (κ2) is 7.45. The highest BCUT2D eigenvalue weighted by Gasteiger charge is 2.11. The van der Waals surface area contributed by atoms with Crippen molar-refractivity contribution in [1.82, 2.24) is 19.7 Å². The van der Waals surface area contributed by atoms with E-state index in [9.17, 15) is 0 Å². The molecule has 0 saturated carbocycles. The molecular weight excluding hydrogens is 338 g/mol. The third-order valence-electron chi connectivity index (χ3n) is 4.46. The van der Waals surface area contributed by atoms with E-state index in [-0.39, 0.29) is 0 Å². The molecule has 0 aliphatic carbocycles. The highest BCUT2D eigenvalue weighted by Crippen LogP contribution is 2.20. The summed E-state index contributed by atoms with van der Waals surface area (Å²) in [6, 6.07) is 18.0. The van der Waals surface area contributed by atoms with Crippen molar-refractivity contribution in [2.45, 2.75) is 19.3 Å². The summed E-state index contributed by atoms with van der Waals surface area (Å²) in [5, 5.41) is 4.52. The lowest BCUT2D eigenvalue weighted by Crippen LogP contribution is -2.01. The molecule has 0 fully saturated rings. The second-order valence-corrected chi connectivity index (χ2v) is 6.37. The number of nitrogens with two attached hydrogens (primary N) is 1. The molecular formula is C21H21N5O. The number of nitrogen functional groups attached to an aromatic ring is 1. The van der Waals surface area contributed by atoms with Crippen LogP contribution in [0.5, 0.6) is 5.75 Å². The van der Waals surface area contributed by atoms with Gasteiger partial charge in [0.25, 0.3) is 0 Å². The number of para-hydroxylation sites is 1. The van der Waals surface area contributed by atoms with Crippen LogP contribution in [0.1, 0.15) is 17.8 Å². The molecule has 0 amide bonds. The third-order valence-corrected chi connectivity index (χ3v) is 4.46. The largest absolute Gasteiger partial charge is 0.497 e. The predicted molar refractivity (Wildman–Crippen MR) is 106 cm³/mol. The summed E-state index contributed by atoms with van der Waals surface area (Å²) in [7, 11) is 1.68. The molecule has 136 valence electrons. The van der Waals surface area contributed by atoms with Crippen molar-refractivity contribution in [3.63, 3.8) is 0 Å². The van der Waals surface area contributed by atoms with E-state index in [0.717, 1.165) is 42.0 Å². The van der Waals surface area contributed by atoms with Crippen LogP contribution in [0.25, 0.3) is 16.7 Å². The summed E-state index contributed by atoms with van der Waals surface area (Å²) in [5.41, 5.74) is 9.73. The van der Waals surface area contributed by atoms with Crippen LogP contribution in [-0.2, 0) is 12.8 Å². The van der Waals surface area contributed by atoms with Crippen LogP contribution in [0.2, 0.25) is 0 Å². The van der Waals surface area contributed by atoms with Gasteiger partial charge < -0.3 is 10.5 Å². The number of anilines is 1.